The first-order valence-corrected chi connectivity index (χ1v) is 3.98. The Morgan fingerprint density at radius 3 is 2.77 bits per heavy atom. The summed E-state index contributed by atoms with van der Waals surface area (Å²) in [4.78, 5) is 0. The van der Waals surface area contributed by atoms with Crippen LogP contribution in [0.15, 0.2) is 29.4 Å². The lowest BCUT2D eigenvalue weighted by molar-refractivity contribution is -0.0201. The number of rotatable bonds is 1. The first kappa shape index (κ1) is 8.15. The van der Waals surface area contributed by atoms with Gasteiger partial charge in [0.15, 0.2) is 6.34 Å². The number of benzene rings is 1. The monoisotopic (exact) mass is 198 g/mol. The molecule has 68 valence electrons. The van der Waals surface area contributed by atoms with Gasteiger partial charge < -0.3 is 0 Å². The normalized spacial score (nSPS) is 14.9. The number of hydrogen-bond acceptors (Lipinski definition) is 5. The van der Waals surface area contributed by atoms with Crippen LogP contribution in [0.5, 0.6) is 0 Å². The minimum absolute atomic E-state index is 0.527. The van der Waals surface area contributed by atoms with E-state index in [-0.39, 0.29) is 0 Å². The van der Waals surface area contributed by atoms with Crippen molar-refractivity contribution in [3.05, 3.63) is 29.3 Å². The average molecular weight is 199 g/mol. The zero-order valence-electron chi connectivity index (χ0n) is 6.55. The summed E-state index contributed by atoms with van der Waals surface area (Å²) in [5.74, 6) is 0. The molecule has 1 aliphatic rings. The molecule has 0 amide bonds. The molecule has 0 aromatic heterocycles. The van der Waals surface area contributed by atoms with Gasteiger partial charge in [-0.3, -0.25) is 5.21 Å². The van der Waals surface area contributed by atoms with Gasteiger partial charge in [-0.1, -0.05) is 23.7 Å². The van der Waals surface area contributed by atoms with Crippen molar-refractivity contribution in [2.75, 3.05) is 5.12 Å². The molecule has 0 spiro atoms. The maximum atomic E-state index is 9.26. The van der Waals surface area contributed by atoms with Crippen LogP contribution in [-0.2, 0) is 0 Å². The van der Waals surface area contributed by atoms with Crippen molar-refractivity contribution in [3.63, 3.8) is 0 Å². The van der Waals surface area contributed by atoms with Gasteiger partial charge >= 0.3 is 0 Å². The number of hydrogen-bond donors (Lipinski definition) is 2. The number of hydroxylamine groups is 1. The molecule has 1 aromatic rings. The SMILES string of the molecule is ON1C=NNN1c1ccccc1Cl. The molecule has 0 aliphatic carbocycles. The molecular weight excluding hydrogens is 192 g/mol. The lowest BCUT2D eigenvalue weighted by Crippen LogP contribution is -2.41. The number of hydrazone groups is 1. The quantitative estimate of drug-likeness (QED) is 0.713. The summed E-state index contributed by atoms with van der Waals surface area (Å²) in [7, 11) is 0. The Morgan fingerprint density at radius 1 is 1.38 bits per heavy atom. The second-order valence-corrected chi connectivity index (χ2v) is 2.84. The van der Waals surface area contributed by atoms with Gasteiger partial charge in [0, 0.05) is 0 Å². The van der Waals surface area contributed by atoms with Crippen molar-refractivity contribution >= 4 is 23.6 Å². The van der Waals surface area contributed by atoms with Crippen LogP contribution in [0.2, 0.25) is 5.02 Å². The Morgan fingerprint density at radius 2 is 2.15 bits per heavy atom. The standard InChI is InChI=1S/C7H7ClN4O/c8-6-3-1-2-4-7(6)12-10-9-5-11(12)13/h1-5,10,13H. The van der Waals surface area contributed by atoms with Crippen LogP contribution < -0.4 is 10.7 Å². The molecular formula is C7H7ClN4O. The zero-order chi connectivity index (χ0) is 9.26. The van der Waals surface area contributed by atoms with Crippen LogP contribution in [0.3, 0.4) is 0 Å². The van der Waals surface area contributed by atoms with Gasteiger partial charge in [0.2, 0.25) is 0 Å². The highest BCUT2D eigenvalue weighted by Crippen LogP contribution is 2.25. The molecule has 0 atom stereocenters. The van der Waals surface area contributed by atoms with Crippen LogP contribution in [0.25, 0.3) is 0 Å². The maximum Gasteiger partial charge on any atom is 0.164 e. The van der Waals surface area contributed by atoms with E-state index >= 15 is 0 Å². The van der Waals surface area contributed by atoms with Crippen molar-refractivity contribution in [1.82, 2.24) is 10.7 Å². The molecule has 0 fully saturated rings. The summed E-state index contributed by atoms with van der Waals surface area (Å²) < 4.78 is 0. The molecule has 1 heterocycles. The van der Waals surface area contributed by atoms with Crippen LogP contribution in [0.4, 0.5) is 5.69 Å². The van der Waals surface area contributed by atoms with E-state index in [2.05, 4.69) is 10.6 Å². The first-order chi connectivity index (χ1) is 6.29. The molecule has 6 heteroatoms. The van der Waals surface area contributed by atoms with Crippen LogP contribution in [0.1, 0.15) is 0 Å². The Kier molecular flexibility index (Phi) is 1.96. The molecule has 13 heavy (non-hydrogen) atoms. The molecule has 0 saturated carbocycles. The highest BCUT2D eigenvalue weighted by molar-refractivity contribution is 6.33. The van der Waals surface area contributed by atoms with E-state index in [1.165, 1.54) is 11.5 Å². The van der Waals surface area contributed by atoms with E-state index in [1.807, 2.05) is 12.1 Å². The third kappa shape index (κ3) is 1.39. The minimum atomic E-state index is 0.527. The van der Waals surface area contributed by atoms with E-state index in [9.17, 15) is 5.21 Å². The highest BCUT2D eigenvalue weighted by atomic mass is 35.5. The van der Waals surface area contributed by atoms with Gasteiger partial charge in [-0.15, -0.1) is 10.3 Å². The largest absolute Gasteiger partial charge is 0.266 e. The molecule has 2 rings (SSSR count). The number of halogens is 1. The number of anilines is 1. The summed E-state index contributed by atoms with van der Waals surface area (Å²) in [5.41, 5.74) is 3.19. The topological polar surface area (TPSA) is 51.1 Å². The summed E-state index contributed by atoms with van der Waals surface area (Å²) in [6.45, 7) is 0. The van der Waals surface area contributed by atoms with Gasteiger partial charge in [0.25, 0.3) is 0 Å². The maximum absolute atomic E-state index is 9.26. The molecule has 1 aromatic carbocycles. The van der Waals surface area contributed by atoms with Crippen molar-refractivity contribution in [1.29, 1.82) is 0 Å². The predicted octanol–water partition coefficient (Wildman–Crippen LogP) is 1.21. The van der Waals surface area contributed by atoms with E-state index in [0.29, 0.717) is 10.7 Å². The Labute approximate surface area is 79.7 Å². The van der Waals surface area contributed by atoms with Crippen molar-refractivity contribution in [2.24, 2.45) is 5.10 Å². The summed E-state index contributed by atoms with van der Waals surface area (Å²) in [5, 5.41) is 15.5. The lowest BCUT2D eigenvalue weighted by atomic mass is 10.3. The van der Waals surface area contributed by atoms with Gasteiger partial charge in [0.05, 0.1) is 5.02 Å². The molecule has 0 unspecified atom stereocenters. The van der Waals surface area contributed by atoms with Crippen LogP contribution in [0, 0.1) is 0 Å². The summed E-state index contributed by atoms with van der Waals surface area (Å²) in [6, 6.07) is 7.11. The fraction of sp³-hybridized carbons (Fsp3) is 0. The Bertz CT molecular complexity index is 343. The van der Waals surface area contributed by atoms with Gasteiger partial charge in [0.1, 0.15) is 5.69 Å². The van der Waals surface area contributed by atoms with E-state index in [1.54, 1.807) is 12.1 Å². The Balaban J connectivity index is 2.31. The minimum Gasteiger partial charge on any atom is -0.266 e. The van der Waals surface area contributed by atoms with Crippen molar-refractivity contribution < 1.29 is 5.21 Å². The zero-order valence-corrected chi connectivity index (χ0v) is 7.31. The van der Waals surface area contributed by atoms with Gasteiger partial charge in [-0.25, -0.2) is 0 Å². The van der Waals surface area contributed by atoms with Gasteiger partial charge in [-0.05, 0) is 12.1 Å². The van der Waals surface area contributed by atoms with E-state index in [4.69, 9.17) is 11.6 Å². The molecule has 0 saturated heterocycles. The third-order valence-corrected chi connectivity index (χ3v) is 1.92. The van der Waals surface area contributed by atoms with Crippen LogP contribution in [-0.4, -0.2) is 16.7 Å². The molecule has 1 aliphatic heterocycles. The second kappa shape index (κ2) is 3.12. The summed E-state index contributed by atoms with van der Waals surface area (Å²) >= 11 is 5.89. The van der Waals surface area contributed by atoms with E-state index < -0.39 is 0 Å². The fourth-order valence-electron chi connectivity index (χ4n) is 1.02. The van der Waals surface area contributed by atoms with Crippen LogP contribution >= 0.6 is 11.6 Å². The number of para-hydroxylation sites is 1. The van der Waals surface area contributed by atoms with E-state index in [0.717, 1.165) is 5.17 Å². The predicted molar refractivity (Wildman–Crippen MR) is 49.2 cm³/mol. The Hall–Kier alpha value is -1.46. The number of nitrogens with one attached hydrogen (secondary N) is 1. The first-order valence-electron chi connectivity index (χ1n) is 3.60. The van der Waals surface area contributed by atoms with Gasteiger partial charge in [-0.2, -0.15) is 10.7 Å². The molecule has 5 nitrogen and oxygen atoms in total. The smallest absolute Gasteiger partial charge is 0.164 e. The number of nitrogens with zero attached hydrogens (tertiary/aromatic N) is 3. The number of hydrazine groups is 2. The highest BCUT2D eigenvalue weighted by Gasteiger charge is 2.17. The molecule has 0 bridgehead atoms. The third-order valence-electron chi connectivity index (χ3n) is 1.60. The average Bonchev–Trinajstić information content (AvgIpc) is 2.52. The summed E-state index contributed by atoms with van der Waals surface area (Å²) in [6.07, 6.45) is 1.23. The lowest BCUT2D eigenvalue weighted by Gasteiger charge is -2.22. The molecule has 0 radical (unpaired) electrons. The van der Waals surface area contributed by atoms with Crippen molar-refractivity contribution in [2.45, 2.75) is 0 Å². The van der Waals surface area contributed by atoms with Crippen molar-refractivity contribution in [3.8, 4) is 0 Å². The molecule has 2 N–H and O–H groups in total. The second-order valence-electron chi connectivity index (χ2n) is 2.43. The fourth-order valence-corrected chi connectivity index (χ4v) is 1.23.